The number of benzene rings is 3. The van der Waals surface area contributed by atoms with Crippen molar-refractivity contribution in [1.29, 1.82) is 0 Å². The van der Waals surface area contributed by atoms with Gasteiger partial charge in [-0.2, -0.15) is 5.10 Å². The monoisotopic (exact) mass is 472 g/mol. The first-order valence-corrected chi connectivity index (χ1v) is 11.9. The van der Waals surface area contributed by atoms with Gasteiger partial charge in [0.05, 0.1) is 31.1 Å². The van der Waals surface area contributed by atoms with Crippen LogP contribution in [0.15, 0.2) is 84.0 Å². The zero-order chi connectivity index (χ0) is 24.2. The molecule has 0 bridgehead atoms. The first kappa shape index (κ1) is 23.1. The van der Waals surface area contributed by atoms with Crippen LogP contribution in [-0.2, 0) is 4.79 Å². The summed E-state index contributed by atoms with van der Waals surface area (Å²) in [5.74, 6) is 0.552. The third kappa shape index (κ3) is 5.05. The van der Waals surface area contributed by atoms with E-state index in [2.05, 4.69) is 4.90 Å². The molecule has 5 rings (SSSR count). The van der Waals surface area contributed by atoms with Crippen LogP contribution in [0.25, 0.3) is 0 Å². The van der Waals surface area contributed by atoms with E-state index in [1.807, 2.05) is 65.6 Å². The van der Waals surface area contributed by atoms with Crippen molar-refractivity contribution in [2.45, 2.75) is 12.5 Å². The maximum atomic E-state index is 14.2. The summed E-state index contributed by atoms with van der Waals surface area (Å²) in [5.41, 5.74) is 3.56. The lowest BCUT2D eigenvalue weighted by Crippen LogP contribution is -2.49. The molecular formula is C28H29FN4O2. The Kier molecular flexibility index (Phi) is 6.77. The summed E-state index contributed by atoms with van der Waals surface area (Å²) in [7, 11) is 1.64. The number of hydrazone groups is 1. The van der Waals surface area contributed by atoms with Crippen molar-refractivity contribution in [2.75, 3.05) is 44.7 Å². The van der Waals surface area contributed by atoms with E-state index in [0.29, 0.717) is 38.3 Å². The fourth-order valence-corrected chi connectivity index (χ4v) is 4.75. The fourth-order valence-electron chi connectivity index (χ4n) is 4.75. The van der Waals surface area contributed by atoms with E-state index in [4.69, 9.17) is 9.84 Å². The Morgan fingerprint density at radius 3 is 2.31 bits per heavy atom. The summed E-state index contributed by atoms with van der Waals surface area (Å²) in [4.78, 5) is 17.6. The van der Waals surface area contributed by atoms with Crippen LogP contribution in [0.5, 0.6) is 5.75 Å². The molecule has 1 saturated heterocycles. The minimum absolute atomic E-state index is 0.0262. The van der Waals surface area contributed by atoms with Crippen LogP contribution in [0.1, 0.15) is 23.6 Å². The number of hydrogen-bond acceptors (Lipinski definition) is 5. The first-order chi connectivity index (χ1) is 17.1. The van der Waals surface area contributed by atoms with E-state index in [-0.39, 0.29) is 24.3 Å². The van der Waals surface area contributed by atoms with Crippen molar-refractivity contribution < 1.29 is 13.9 Å². The minimum Gasteiger partial charge on any atom is -0.497 e. The van der Waals surface area contributed by atoms with E-state index < -0.39 is 0 Å². The quantitative estimate of drug-likeness (QED) is 0.536. The topological polar surface area (TPSA) is 48.4 Å². The number of hydrogen-bond donors (Lipinski definition) is 0. The molecule has 0 radical (unpaired) electrons. The molecule has 3 aromatic rings. The highest BCUT2D eigenvalue weighted by Crippen LogP contribution is 2.33. The van der Waals surface area contributed by atoms with Gasteiger partial charge in [0.25, 0.3) is 5.91 Å². The van der Waals surface area contributed by atoms with Crippen LogP contribution in [0.4, 0.5) is 10.1 Å². The number of nitrogens with zero attached hydrogens (tertiary/aromatic N) is 4. The van der Waals surface area contributed by atoms with E-state index >= 15 is 0 Å². The molecule has 2 aliphatic rings. The lowest BCUT2D eigenvalue weighted by Gasteiger charge is -2.36. The number of ether oxygens (including phenoxy) is 1. The molecule has 0 aromatic heterocycles. The van der Waals surface area contributed by atoms with Gasteiger partial charge in [-0.15, -0.1) is 0 Å². The Bertz CT molecular complexity index is 1190. The number of anilines is 1. The largest absolute Gasteiger partial charge is 0.497 e. The number of methoxy groups -OCH3 is 1. The Morgan fingerprint density at radius 1 is 0.943 bits per heavy atom. The van der Waals surface area contributed by atoms with Crippen LogP contribution in [0.3, 0.4) is 0 Å². The van der Waals surface area contributed by atoms with Crippen molar-refractivity contribution >= 4 is 17.3 Å². The summed E-state index contributed by atoms with van der Waals surface area (Å²) in [5, 5.41) is 6.44. The predicted molar refractivity (Wildman–Crippen MR) is 135 cm³/mol. The summed E-state index contributed by atoms with van der Waals surface area (Å²) in [6.45, 7) is 3.03. The normalized spacial score (nSPS) is 18.5. The smallest absolute Gasteiger partial charge is 0.257 e. The zero-order valence-electron chi connectivity index (χ0n) is 19.8. The third-order valence-electron chi connectivity index (χ3n) is 6.70. The molecule has 2 heterocycles. The highest BCUT2D eigenvalue weighted by Gasteiger charge is 2.34. The van der Waals surface area contributed by atoms with Crippen LogP contribution < -0.4 is 9.64 Å². The Balaban J connectivity index is 1.29. The standard InChI is InChI=1S/C28H29FN4O2/c1-35-23-13-11-21(12-14-23)25-19-27(22-7-3-2-4-8-22)33(30-25)28(34)20-31-15-17-32(18-16-31)26-10-6-5-9-24(26)29/h2-14,27H,15-20H2,1H3/t27-/m0/s1. The number of para-hydroxylation sites is 1. The number of carbonyl (C=O) groups is 1. The van der Waals surface area contributed by atoms with Crippen LogP contribution in [0, 0.1) is 5.82 Å². The summed E-state index contributed by atoms with van der Waals surface area (Å²) >= 11 is 0. The average molecular weight is 473 g/mol. The van der Waals surface area contributed by atoms with Gasteiger partial charge in [-0.1, -0.05) is 42.5 Å². The molecular weight excluding hydrogens is 443 g/mol. The van der Waals surface area contributed by atoms with Crippen molar-refractivity contribution in [1.82, 2.24) is 9.91 Å². The molecule has 3 aromatic carbocycles. The number of carbonyl (C=O) groups excluding carboxylic acids is 1. The SMILES string of the molecule is COc1ccc(C2=NN(C(=O)CN3CCN(c4ccccc4F)CC3)[C@H](c3ccccc3)C2)cc1. The van der Waals surface area contributed by atoms with Crippen molar-refractivity contribution in [3.8, 4) is 5.75 Å². The van der Waals surface area contributed by atoms with Gasteiger partial charge < -0.3 is 9.64 Å². The van der Waals surface area contributed by atoms with Gasteiger partial charge in [0.1, 0.15) is 11.6 Å². The number of rotatable bonds is 6. The molecule has 1 amide bonds. The lowest BCUT2D eigenvalue weighted by molar-refractivity contribution is -0.134. The molecule has 1 fully saturated rings. The minimum atomic E-state index is -0.208. The fraction of sp³-hybridized carbons (Fsp3) is 0.286. The second-order valence-corrected chi connectivity index (χ2v) is 8.86. The van der Waals surface area contributed by atoms with E-state index in [1.54, 1.807) is 24.3 Å². The summed E-state index contributed by atoms with van der Waals surface area (Å²) in [6, 6.07) is 24.5. The molecule has 0 aliphatic carbocycles. The maximum Gasteiger partial charge on any atom is 0.257 e. The number of halogens is 1. The van der Waals surface area contributed by atoms with Crippen LogP contribution >= 0.6 is 0 Å². The van der Waals surface area contributed by atoms with Gasteiger partial charge in [0.2, 0.25) is 0 Å². The molecule has 2 aliphatic heterocycles. The van der Waals surface area contributed by atoms with Gasteiger partial charge >= 0.3 is 0 Å². The number of piperazine rings is 1. The van der Waals surface area contributed by atoms with Gasteiger partial charge in [-0.25, -0.2) is 9.40 Å². The highest BCUT2D eigenvalue weighted by atomic mass is 19.1. The van der Waals surface area contributed by atoms with Gasteiger partial charge in [0, 0.05) is 32.6 Å². The molecule has 35 heavy (non-hydrogen) atoms. The van der Waals surface area contributed by atoms with Crippen LogP contribution in [0.2, 0.25) is 0 Å². The van der Waals surface area contributed by atoms with Crippen molar-refractivity contribution in [3.63, 3.8) is 0 Å². The molecule has 180 valence electrons. The second-order valence-electron chi connectivity index (χ2n) is 8.86. The molecule has 6 nitrogen and oxygen atoms in total. The molecule has 7 heteroatoms. The highest BCUT2D eigenvalue weighted by molar-refractivity contribution is 6.03. The Labute approximate surface area is 205 Å². The molecule has 0 unspecified atom stereocenters. The van der Waals surface area contributed by atoms with Crippen molar-refractivity contribution in [2.24, 2.45) is 5.10 Å². The average Bonchev–Trinajstić information content (AvgIpc) is 3.36. The van der Waals surface area contributed by atoms with E-state index in [9.17, 15) is 9.18 Å². The number of amides is 1. The predicted octanol–water partition coefficient (Wildman–Crippen LogP) is 4.33. The Hall–Kier alpha value is -3.71. The van der Waals surface area contributed by atoms with E-state index in [1.165, 1.54) is 6.07 Å². The van der Waals surface area contributed by atoms with Gasteiger partial charge in [-0.3, -0.25) is 9.69 Å². The molecule has 0 N–H and O–H groups in total. The third-order valence-corrected chi connectivity index (χ3v) is 6.70. The van der Waals surface area contributed by atoms with Crippen LogP contribution in [-0.4, -0.2) is 61.4 Å². The van der Waals surface area contributed by atoms with Gasteiger partial charge in [-0.05, 0) is 47.5 Å². The molecule has 0 spiro atoms. The summed E-state index contributed by atoms with van der Waals surface area (Å²) < 4.78 is 19.4. The van der Waals surface area contributed by atoms with Gasteiger partial charge in [0.15, 0.2) is 0 Å². The molecule has 1 atom stereocenters. The van der Waals surface area contributed by atoms with E-state index in [0.717, 1.165) is 22.6 Å². The lowest BCUT2D eigenvalue weighted by atomic mass is 9.98. The van der Waals surface area contributed by atoms with Crippen molar-refractivity contribution in [3.05, 3.63) is 95.8 Å². The molecule has 0 saturated carbocycles. The zero-order valence-corrected chi connectivity index (χ0v) is 19.8. The summed E-state index contributed by atoms with van der Waals surface area (Å²) in [6.07, 6.45) is 0.656. The first-order valence-electron chi connectivity index (χ1n) is 11.9. The Morgan fingerprint density at radius 2 is 1.63 bits per heavy atom. The second kappa shape index (κ2) is 10.3. The maximum absolute atomic E-state index is 14.2.